The first kappa shape index (κ1) is 9.40. The fourth-order valence-electron chi connectivity index (χ4n) is 1.52. The van der Waals surface area contributed by atoms with Crippen molar-refractivity contribution in [2.75, 3.05) is 16.8 Å². The smallest absolute Gasteiger partial charge is 0.208 e. The molecule has 13 heavy (non-hydrogen) atoms. The fourth-order valence-corrected chi connectivity index (χ4v) is 2.56. The molecular weight excluding hydrogens is 250 g/mol. The molecule has 2 rings (SSSR count). The summed E-state index contributed by atoms with van der Waals surface area (Å²) in [6.07, 6.45) is 3.99. The molecule has 3 nitrogen and oxygen atoms in total. The minimum absolute atomic E-state index is 0.713. The summed E-state index contributed by atoms with van der Waals surface area (Å²) in [6, 6.07) is 0.713. The van der Waals surface area contributed by atoms with E-state index in [4.69, 9.17) is 0 Å². The van der Waals surface area contributed by atoms with Crippen LogP contribution in [-0.4, -0.2) is 28.1 Å². The topological polar surface area (TPSA) is 29.0 Å². The van der Waals surface area contributed by atoms with Crippen LogP contribution in [0, 0.1) is 0 Å². The molecule has 1 heterocycles. The molecule has 0 bridgehead atoms. The van der Waals surface area contributed by atoms with Crippen LogP contribution in [0.4, 0.5) is 5.13 Å². The van der Waals surface area contributed by atoms with Crippen molar-refractivity contribution in [3.8, 4) is 0 Å². The Morgan fingerprint density at radius 1 is 1.62 bits per heavy atom. The SMILES string of the molecule is BrCCN(c1nncs1)C1CCC1. The molecule has 0 N–H and O–H groups in total. The Bertz CT molecular complexity index is 248. The lowest BCUT2D eigenvalue weighted by Crippen LogP contribution is -2.41. The number of rotatable bonds is 4. The first-order valence-corrected chi connectivity index (χ1v) is 6.50. The number of alkyl halides is 1. The van der Waals surface area contributed by atoms with Crippen molar-refractivity contribution in [1.29, 1.82) is 0 Å². The normalized spacial score (nSPS) is 17.0. The van der Waals surface area contributed by atoms with Gasteiger partial charge in [0.15, 0.2) is 0 Å². The van der Waals surface area contributed by atoms with Gasteiger partial charge in [-0.15, -0.1) is 10.2 Å². The van der Waals surface area contributed by atoms with Crippen LogP contribution in [0.5, 0.6) is 0 Å². The van der Waals surface area contributed by atoms with E-state index in [0.717, 1.165) is 17.0 Å². The van der Waals surface area contributed by atoms with Crippen molar-refractivity contribution in [3.05, 3.63) is 5.51 Å². The lowest BCUT2D eigenvalue weighted by atomic mass is 9.92. The molecular formula is C8H12BrN3S. The number of aromatic nitrogens is 2. The summed E-state index contributed by atoms with van der Waals surface area (Å²) in [5, 5.41) is 10.1. The maximum absolute atomic E-state index is 4.11. The maximum atomic E-state index is 4.11. The van der Waals surface area contributed by atoms with Crippen LogP contribution >= 0.6 is 27.3 Å². The van der Waals surface area contributed by atoms with Gasteiger partial charge in [0.05, 0.1) is 0 Å². The molecule has 0 amide bonds. The third-order valence-corrected chi connectivity index (χ3v) is 3.52. The Labute approximate surface area is 90.3 Å². The van der Waals surface area contributed by atoms with E-state index >= 15 is 0 Å². The molecule has 1 fully saturated rings. The third kappa shape index (κ3) is 2.02. The van der Waals surface area contributed by atoms with Crippen molar-refractivity contribution < 1.29 is 0 Å². The lowest BCUT2D eigenvalue weighted by molar-refractivity contribution is 0.390. The molecule has 0 spiro atoms. The zero-order valence-corrected chi connectivity index (χ0v) is 9.72. The molecule has 0 aromatic carbocycles. The van der Waals surface area contributed by atoms with E-state index in [1.807, 2.05) is 0 Å². The average Bonchev–Trinajstić information content (AvgIpc) is 2.51. The van der Waals surface area contributed by atoms with Crippen molar-refractivity contribution >= 4 is 32.4 Å². The molecule has 72 valence electrons. The van der Waals surface area contributed by atoms with Gasteiger partial charge < -0.3 is 4.90 Å². The summed E-state index contributed by atoms with van der Waals surface area (Å²) in [6.45, 7) is 1.04. The lowest BCUT2D eigenvalue weighted by Gasteiger charge is -2.36. The zero-order valence-electron chi connectivity index (χ0n) is 7.32. The molecule has 0 saturated heterocycles. The van der Waals surface area contributed by atoms with Gasteiger partial charge in [0.1, 0.15) is 5.51 Å². The zero-order chi connectivity index (χ0) is 9.10. The van der Waals surface area contributed by atoms with E-state index in [9.17, 15) is 0 Å². The quantitative estimate of drug-likeness (QED) is 0.779. The summed E-state index contributed by atoms with van der Waals surface area (Å²) in [5.41, 5.74) is 1.80. The van der Waals surface area contributed by atoms with Gasteiger partial charge in [0.2, 0.25) is 5.13 Å². The Balaban J connectivity index is 2.04. The molecule has 0 radical (unpaired) electrons. The molecule has 0 unspecified atom stereocenters. The minimum Gasteiger partial charge on any atom is -0.343 e. The Morgan fingerprint density at radius 3 is 2.92 bits per heavy atom. The molecule has 1 aromatic rings. The number of halogens is 1. The van der Waals surface area contributed by atoms with Crippen molar-refractivity contribution in [1.82, 2.24) is 10.2 Å². The van der Waals surface area contributed by atoms with Gasteiger partial charge in [0.25, 0.3) is 0 Å². The molecule has 1 saturated carbocycles. The second-order valence-corrected chi connectivity index (χ2v) is 4.79. The van der Waals surface area contributed by atoms with E-state index in [0.29, 0.717) is 6.04 Å². The standard InChI is InChI=1S/C8H12BrN3S/c9-4-5-12(7-2-1-3-7)8-11-10-6-13-8/h6-7H,1-5H2. The third-order valence-electron chi connectivity index (χ3n) is 2.44. The number of hydrogen-bond donors (Lipinski definition) is 0. The van der Waals surface area contributed by atoms with E-state index < -0.39 is 0 Å². The predicted molar refractivity (Wildman–Crippen MR) is 58.7 cm³/mol. The Hall–Kier alpha value is -0.160. The number of hydrogen-bond acceptors (Lipinski definition) is 4. The highest BCUT2D eigenvalue weighted by Gasteiger charge is 2.26. The van der Waals surface area contributed by atoms with Gasteiger partial charge in [-0.1, -0.05) is 27.3 Å². The molecule has 0 aliphatic heterocycles. The van der Waals surface area contributed by atoms with Crippen LogP contribution in [0.3, 0.4) is 0 Å². The monoisotopic (exact) mass is 261 g/mol. The number of nitrogens with zero attached hydrogens (tertiary/aromatic N) is 3. The van der Waals surface area contributed by atoms with E-state index in [-0.39, 0.29) is 0 Å². The minimum atomic E-state index is 0.713. The molecule has 1 aliphatic rings. The van der Waals surface area contributed by atoms with Gasteiger partial charge in [-0.3, -0.25) is 0 Å². The summed E-state index contributed by atoms with van der Waals surface area (Å²) >= 11 is 5.10. The highest BCUT2D eigenvalue weighted by atomic mass is 79.9. The Morgan fingerprint density at radius 2 is 2.46 bits per heavy atom. The van der Waals surface area contributed by atoms with Crippen molar-refractivity contribution in [3.63, 3.8) is 0 Å². The van der Waals surface area contributed by atoms with Gasteiger partial charge >= 0.3 is 0 Å². The van der Waals surface area contributed by atoms with Crippen LogP contribution < -0.4 is 4.90 Å². The second-order valence-electron chi connectivity index (χ2n) is 3.19. The molecule has 1 aliphatic carbocycles. The second kappa shape index (κ2) is 4.37. The summed E-state index contributed by atoms with van der Waals surface area (Å²) in [4.78, 5) is 2.37. The highest BCUT2D eigenvalue weighted by Crippen LogP contribution is 2.29. The molecule has 5 heteroatoms. The summed E-state index contributed by atoms with van der Waals surface area (Å²) in [5.74, 6) is 0. The Kier molecular flexibility index (Phi) is 3.16. The van der Waals surface area contributed by atoms with E-state index in [1.54, 1.807) is 16.8 Å². The molecule has 1 aromatic heterocycles. The van der Waals surface area contributed by atoms with Gasteiger partial charge in [-0.2, -0.15) is 0 Å². The van der Waals surface area contributed by atoms with Gasteiger partial charge in [-0.05, 0) is 19.3 Å². The first-order chi connectivity index (χ1) is 6.42. The van der Waals surface area contributed by atoms with Crippen molar-refractivity contribution in [2.45, 2.75) is 25.3 Å². The van der Waals surface area contributed by atoms with Crippen molar-refractivity contribution in [2.24, 2.45) is 0 Å². The maximum Gasteiger partial charge on any atom is 0.208 e. The summed E-state index contributed by atoms with van der Waals surface area (Å²) < 4.78 is 0. The van der Waals surface area contributed by atoms with E-state index in [1.165, 1.54) is 19.3 Å². The number of anilines is 1. The van der Waals surface area contributed by atoms with Gasteiger partial charge in [0, 0.05) is 17.9 Å². The van der Waals surface area contributed by atoms with Crippen LogP contribution in [0.1, 0.15) is 19.3 Å². The fraction of sp³-hybridized carbons (Fsp3) is 0.750. The average molecular weight is 262 g/mol. The highest BCUT2D eigenvalue weighted by molar-refractivity contribution is 9.09. The van der Waals surface area contributed by atoms with Gasteiger partial charge in [-0.25, -0.2) is 0 Å². The summed E-state index contributed by atoms with van der Waals surface area (Å²) in [7, 11) is 0. The largest absolute Gasteiger partial charge is 0.343 e. The van der Waals surface area contributed by atoms with Crippen LogP contribution in [0.2, 0.25) is 0 Å². The predicted octanol–water partition coefficient (Wildman–Crippen LogP) is 2.29. The van der Waals surface area contributed by atoms with E-state index in [2.05, 4.69) is 31.0 Å². The first-order valence-electron chi connectivity index (χ1n) is 4.50. The van der Waals surface area contributed by atoms with Crippen LogP contribution in [0.25, 0.3) is 0 Å². The molecule has 0 atom stereocenters. The van der Waals surface area contributed by atoms with Crippen LogP contribution in [-0.2, 0) is 0 Å². The van der Waals surface area contributed by atoms with Crippen LogP contribution in [0.15, 0.2) is 5.51 Å².